The molecule has 0 saturated carbocycles. The highest BCUT2D eigenvalue weighted by Crippen LogP contribution is 2.31. The maximum absolute atomic E-state index is 12.1. The van der Waals surface area contributed by atoms with Gasteiger partial charge in [0.15, 0.2) is 11.0 Å². The molecule has 1 aliphatic heterocycles. The van der Waals surface area contributed by atoms with E-state index in [9.17, 15) is 9.59 Å². The molecule has 0 atom stereocenters. The van der Waals surface area contributed by atoms with Crippen LogP contribution >= 0.6 is 23.1 Å². The molecule has 1 fully saturated rings. The molecule has 1 aromatic heterocycles. The number of para-hydroxylation sites is 1. The van der Waals surface area contributed by atoms with Gasteiger partial charge in [-0.25, -0.2) is 4.98 Å². The summed E-state index contributed by atoms with van der Waals surface area (Å²) in [6, 6.07) is 9.40. The zero-order chi connectivity index (χ0) is 15.7. The van der Waals surface area contributed by atoms with Crippen LogP contribution < -0.4 is 4.90 Å². The lowest BCUT2D eigenvalue weighted by molar-refractivity contribution is -0.115. The third-order valence-corrected chi connectivity index (χ3v) is 5.15. The molecule has 5 nitrogen and oxygen atoms in total. The zero-order valence-electron chi connectivity index (χ0n) is 12.1. The van der Waals surface area contributed by atoms with Crippen LogP contribution in [-0.4, -0.2) is 27.6 Å². The highest BCUT2D eigenvalue weighted by atomic mass is 32.2. The van der Waals surface area contributed by atoms with Gasteiger partial charge in [-0.05, 0) is 19.1 Å². The smallest absolute Gasteiger partial charge is 0.243 e. The van der Waals surface area contributed by atoms with E-state index < -0.39 is 0 Å². The predicted molar refractivity (Wildman–Crippen MR) is 90.3 cm³/mol. The Labute approximate surface area is 136 Å². The molecule has 2 heterocycles. The average Bonchev–Trinajstić information content (AvgIpc) is 3.03. The van der Waals surface area contributed by atoms with E-state index in [2.05, 4.69) is 9.98 Å². The normalized spacial score (nSPS) is 16.5. The number of carbonyl (C=O) groups excluding carboxylic acids is 2. The van der Waals surface area contributed by atoms with Crippen LogP contribution in [0.5, 0.6) is 0 Å². The number of thioether (sulfide) groups is 1. The lowest BCUT2D eigenvalue weighted by atomic mass is 10.3. The zero-order valence-corrected chi connectivity index (χ0v) is 13.7. The first-order valence-electron chi connectivity index (χ1n) is 6.64. The van der Waals surface area contributed by atoms with E-state index in [0.29, 0.717) is 26.6 Å². The second-order valence-electron chi connectivity index (χ2n) is 4.71. The summed E-state index contributed by atoms with van der Waals surface area (Å²) in [7, 11) is 0. The molecule has 0 aliphatic carbocycles. The molecule has 22 heavy (non-hydrogen) atoms. The fourth-order valence-corrected chi connectivity index (χ4v) is 3.88. The van der Waals surface area contributed by atoms with Gasteiger partial charge in [0.2, 0.25) is 11.0 Å². The molecule has 1 aromatic carbocycles. The number of benzene rings is 1. The van der Waals surface area contributed by atoms with Crippen LogP contribution in [0.1, 0.15) is 22.3 Å². The molecule has 112 valence electrons. The molecule has 1 amide bonds. The van der Waals surface area contributed by atoms with Crippen LogP contribution in [0.4, 0.5) is 10.8 Å². The third-order valence-electron chi connectivity index (χ3n) is 3.08. The van der Waals surface area contributed by atoms with E-state index >= 15 is 0 Å². The minimum Gasteiger partial charge on any atom is -0.294 e. The largest absolute Gasteiger partial charge is 0.294 e. The number of nitrogens with zero attached hydrogens (tertiary/aromatic N) is 3. The van der Waals surface area contributed by atoms with Gasteiger partial charge >= 0.3 is 0 Å². The second kappa shape index (κ2) is 6.02. The molecule has 7 heteroatoms. The van der Waals surface area contributed by atoms with Gasteiger partial charge in [-0.15, -0.1) is 0 Å². The summed E-state index contributed by atoms with van der Waals surface area (Å²) in [6.07, 6.45) is 0. The highest BCUT2D eigenvalue weighted by molar-refractivity contribution is 8.15. The summed E-state index contributed by atoms with van der Waals surface area (Å²) in [4.78, 5) is 34.6. The summed E-state index contributed by atoms with van der Waals surface area (Å²) in [5.41, 5.74) is 1.47. The minimum absolute atomic E-state index is 0.00461. The van der Waals surface area contributed by atoms with Crippen molar-refractivity contribution in [3.8, 4) is 0 Å². The Morgan fingerprint density at radius 1 is 1.32 bits per heavy atom. The third kappa shape index (κ3) is 2.82. The van der Waals surface area contributed by atoms with Crippen molar-refractivity contribution in [3.63, 3.8) is 0 Å². The van der Waals surface area contributed by atoms with Gasteiger partial charge in [0.25, 0.3) is 0 Å². The van der Waals surface area contributed by atoms with E-state index in [-0.39, 0.29) is 11.7 Å². The Hall–Kier alpha value is -1.99. The summed E-state index contributed by atoms with van der Waals surface area (Å²) in [5.74, 6) is 0.337. The first kappa shape index (κ1) is 14.9. The Bertz CT molecular complexity index is 768. The number of aliphatic imine (C=N–C) groups is 1. The lowest BCUT2D eigenvalue weighted by Gasteiger charge is -2.15. The molecular formula is C15H13N3O2S2. The van der Waals surface area contributed by atoms with E-state index in [4.69, 9.17) is 0 Å². The van der Waals surface area contributed by atoms with Crippen molar-refractivity contribution in [2.75, 3.05) is 10.7 Å². The average molecular weight is 331 g/mol. The number of ketones is 1. The summed E-state index contributed by atoms with van der Waals surface area (Å²) in [6.45, 7) is 3.31. The quantitative estimate of drug-likeness (QED) is 0.809. The van der Waals surface area contributed by atoms with Crippen molar-refractivity contribution in [2.24, 2.45) is 4.99 Å². The van der Waals surface area contributed by atoms with Crippen molar-refractivity contribution in [2.45, 2.75) is 13.8 Å². The summed E-state index contributed by atoms with van der Waals surface area (Å²) in [5, 5.41) is 1.10. The Kier molecular flexibility index (Phi) is 4.08. The number of amides is 1. The van der Waals surface area contributed by atoms with Gasteiger partial charge in [0.1, 0.15) is 0 Å². The van der Waals surface area contributed by atoms with Crippen molar-refractivity contribution in [1.29, 1.82) is 0 Å². The molecule has 0 N–H and O–H groups in total. The Morgan fingerprint density at radius 3 is 2.68 bits per heavy atom. The Balaban J connectivity index is 1.98. The monoisotopic (exact) mass is 331 g/mol. The SMILES string of the molecule is CC(=O)c1sc(/N=C2\SCC(=O)N2c2ccccc2)nc1C. The number of anilines is 1. The maximum atomic E-state index is 12.1. The van der Waals surface area contributed by atoms with Crippen LogP contribution in [0.25, 0.3) is 0 Å². The number of Topliss-reactive ketones (excluding diaryl/α,β-unsaturated/α-hetero) is 1. The van der Waals surface area contributed by atoms with E-state index in [1.807, 2.05) is 30.3 Å². The molecule has 2 aromatic rings. The molecular weight excluding hydrogens is 318 g/mol. The first-order chi connectivity index (χ1) is 10.6. The van der Waals surface area contributed by atoms with Crippen molar-refractivity contribution in [3.05, 3.63) is 40.9 Å². The van der Waals surface area contributed by atoms with Gasteiger partial charge in [0, 0.05) is 6.92 Å². The lowest BCUT2D eigenvalue weighted by Crippen LogP contribution is -2.28. The summed E-state index contributed by atoms with van der Waals surface area (Å²) < 4.78 is 0. The highest BCUT2D eigenvalue weighted by Gasteiger charge is 2.30. The topological polar surface area (TPSA) is 62.6 Å². The number of hydrogen-bond donors (Lipinski definition) is 0. The minimum atomic E-state index is -0.0171. The fraction of sp³-hybridized carbons (Fsp3) is 0.200. The standard InChI is InChI=1S/C15H13N3O2S2/c1-9-13(10(2)19)22-14(16-9)17-15-18(12(20)8-21-15)11-6-4-3-5-7-11/h3-7H,8H2,1-2H3/b17-15-. The van der Waals surface area contributed by atoms with Gasteiger partial charge in [-0.3, -0.25) is 14.5 Å². The van der Waals surface area contributed by atoms with Gasteiger partial charge < -0.3 is 0 Å². The second-order valence-corrected chi connectivity index (χ2v) is 6.63. The van der Waals surface area contributed by atoms with Crippen molar-refractivity contribution in [1.82, 2.24) is 4.98 Å². The van der Waals surface area contributed by atoms with E-state index in [0.717, 1.165) is 5.69 Å². The fourth-order valence-electron chi connectivity index (χ4n) is 2.11. The molecule has 0 unspecified atom stereocenters. The van der Waals surface area contributed by atoms with Crippen molar-refractivity contribution < 1.29 is 9.59 Å². The van der Waals surface area contributed by atoms with Crippen LogP contribution in [0.3, 0.4) is 0 Å². The van der Waals surface area contributed by atoms with Crippen LogP contribution in [0.2, 0.25) is 0 Å². The van der Waals surface area contributed by atoms with Crippen molar-refractivity contribution >= 4 is 50.8 Å². The number of carbonyl (C=O) groups is 2. The van der Waals surface area contributed by atoms with Gasteiger partial charge in [-0.2, -0.15) is 4.99 Å². The molecule has 1 saturated heterocycles. The predicted octanol–water partition coefficient (Wildman–Crippen LogP) is 3.42. The molecule has 1 aliphatic rings. The van der Waals surface area contributed by atoms with Crippen LogP contribution in [-0.2, 0) is 4.79 Å². The number of aromatic nitrogens is 1. The molecule has 0 bridgehead atoms. The molecule has 0 radical (unpaired) electrons. The first-order valence-corrected chi connectivity index (χ1v) is 8.44. The maximum Gasteiger partial charge on any atom is 0.243 e. The van der Waals surface area contributed by atoms with E-state index in [1.165, 1.54) is 30.0 Å². The number of amidine groups is 1. The number of aryl methyl sites for hydroxylation is 1. The van der Waals surface area contributed by atoms with E-state index in [1.54, 1.807) is 11.8 Å². The number of rotatable bonds is 3. The Morgan fingerprint density at radius 2 is 2.05 bits per heavy atom. The molecule has 3 rings (SSSR count). The van der Waals surface area contributed by atoms with Gasteiger partial charge in [-0.1, -0.05) is 41.3 Å². The number of thiazole rings is 1. The summed E-state index contributed by atoms with van der Waals surface area (Å²) >= 11 is 2.63. The number of hydrogen-bond acceptors (Lipinski definition) is 6. The molecule has 0 spiro atoms. The van der Waals surface area contributed by atoms with Crippen LogP contribution in [0.15, 0.2) is 35.3 Å². The van der Waals surface area contributed by atoms with Crippen LogP contribution in [0, 0.1) is 6.92 Å². The van der Waals surface area contributed by atoms with Gasteiger partial charge in [0.05, 0.1) is 22.0 Å².